The molecule has 2 heterocycles. The van der Waals surface area contributed by atoms with Gasteiger partial charge in [-0.3, -0.25) is 9.59 Å². The summed E-state index contributed by atoms with van der Waals surface area (Å²) in [6.45, 7) is 2.09. The second-order valence-corrected chi connectivity index (χ2v) is 5.69. The Balaban J connectivity index is 1.94. The molecule has 1 N–H and O–H groups in total. The number of benzene rings is 1. The summed E-state index contributed by atoms with van der Waals surface area (Å²) >= 11 is 0. The summed E-state index contributed by atoms with van der Waals surface area (Å²) in [5.74, 6) is -1.29. The Morgan fingerprint density at radius 2 is 2.21 bits per heavy atom. The van der Waals surface area contributed by atoms with Crippen LogP contribution in [0.5, 0.6) is 5.88 Å². The number of nitrogens with zero attached hydrogens (tertiary/aromatic N) is 3. The van der Waals surface area contributed by atoms with E-state index in [0.717, 1.165) is 22.4 Å². The molecule has 1 atom stereocenters. The highest BCUT2D eigenvalue weighted by molar-refractivity contribution is 6.00. The van der Waals surface area contributed by atoms with Crippen LogP contribution >= 0.6 is 0 Å². The molecule has 1 unspecified atom stereocenters. The van der Waals surface area contributed by atoms with Gasteiger partial charge in [-0.1, -0.05) is 6.07 Å². The Bertz CT molecular complexity index is 806. The van der Waals surface area contributed by atoms with E-state index in [2.05, 4.69) is 9.97 Å². The van der Waals surface area contributed by atoms with E-state index < -0.39 is 11.9 Å². The lowest BCUT2D eigenvalue weighted by Crippen LogP contribution is -2.26. The minimum absolute atomic E-state index is 0.0386. The Kier molecular flexibility index (Phi) is 4.16. The summed E-state index contributed by atoms with van der Waals surface area (Å²) in [4.78, 5) is 32.9. The summed E-state index contributed by atoms with van der Waals surface area (Å²) in [5, 5.41) is 9.11. The molecule has 0 radical (unpaired) electrons. The second kappa shape index (κ2) is 6.27. The molecular formula is C17H17N3O4. The average Bonchev–Trinajstić information content (AvgIpc) is 2.96. The molecule has 0 aliphatic carbocycles. The van der Waals surface area contributed by atoms with Crippen LogP contribution in [0.1, 0.15) is 12.0 Å². The standard InChI is InChI=1S/C17H17N3O4/c1-10-5-11(13-7-18-9-19-16(13)24-2)3-4-14(10)20-8-12(17(22)23)6-15(20)21/h3-5,7,9,12H,6,8H2,1-2H3,(H,22,23). The number of carbonyl (C=O) groups is 2. The van der Waals surface area contributed by atoms with Crippen molar-refractivity contribution in [3.8, 4) is 17.0 Å². The van der Waals surface area contributed by atoms with Crippen LogP contribution in [0, 0.1) is 12.8 Å². The first-order valence-corrected chi connectivity index (χ1v) is 7.49. The predicted octanol–water partition coefficient (Wildman–Crippen LogP) is 1.90. The summed E-state index contributed by atoms with van der Waals surface area (Å²) < 4.78 is 5.25. The number of aryl methyl sites for hydroxylation is 1. The van der Waals surface area contributed by atoms with E-state index in [1.807, 2.05) is 25.1 Å². The molecule has 1 aromatic heterocycles. The van der Waals surface area contributed by atoms with Crippen molar-refractivity contribution in [3.05, 3.63) is 36.3 Å². The van der Waals surface area contributed by atoms with E-state index in [1.165, 1.54) is 11.2 Å². The lowest BCUT2D eigenvalue weighted by Gasteiger charge is -2.19. The zero-order valence-corrected chi connectivity index (χ0v) is 13.4. The van der Waals surface area contributed by atoms with Crippen LogP contribution in [0.15, 0.2) is 30.7 Å². The molecule has 2 aromatic rings. The summed E-state index contributed by atoms with van der Waals surface area (Å²) in [6, 6.07) is 5.59. The van der Waals surface area contributed by atoms with Crippen LogP contribution in [0.3, 0.4) is 0 Å². The first kappa shape index (κ1) is 15.9. The molecule has 24 heavy (non-hydrogen) atoms. The van der Waals surface area contributed by atoms with Gasteiger partial charge in [0.1, 0.15) is 6.33 Å². The zero-order valence-electron chi connectivity index (χ0n) is 13.4. The maximum atomic E-state index is 12.1. The first-order chi connectivity index (χ1) is 11.5. The van der Waals surface area contributed by atoms with Crippen LogP contribution in [0.4, 0.5) is 5.69 Å². The second-order valence-electron chi connectivity index (χ2n) is 5.69. The topological polar surface area (TPSA) is 92.6 Å². The molecule has 0 spiro atoms. The fourth-order valence-electron chi connectivity index (χ4n) is 2.91. The number of hydrogen-bond acceptors (Lipinski definition) is 5. The van der Waals surface area contributed by atoms with Crippen LogP contribution in [-0.4, -0.2) is 40.6 Å². The van der Waals surface area contributed by atoms with E-state index in [0.29, 0.717) is 5.88 Å². The Morgan fingerprint density at radius 3 is 2.83 bits per heavy atom. The number of carbonyl (C=O) groups excluding carboxylic acids is 1. The molecule has 3 rings (SSSR count). The van der Waals surface area contributed by atoms with Crippen molar-refractivity contribution in [3.63, 3.8) is 0 Å². The van der Waals surface area contributed by atoms with Crippen molar-refractivity contribution in [2.75, 3.05) is 18.6 Å². The van der Waals surface area contributed by atoms with E-state index in [-0.39, 0.29) is 18.9 Å². The van der Waals surface area contributed by atoms with Crippen molar-refractivity contribution in [2.24, 2.45) is 5.92 Å². The number of carboxylic acids is 1. The zero-order chi connectivity index (χ0) is 17.3. The summed E-state index contributed by atoms with van der Waals surface area (Å²) in [5.41, 5.74) is 3.22. The third kappa shape index (κ3) is 2.80. The van der Waals surface area contributed by atoms with Gasteiger partial charge in [-0.15, -0.1) is 0 Å². The van der Waals surface area contributed by atoms with Crippen molar-refractivity contribution in [2.45, 2.75) is 13.3 Å². The molecule has 124 valence electrons. The molecule has 0 saturated carbocycles. The fourth-order valence-corrected chi connectivity index (χ4v) is 2.91. The molecule has 1 amide bonds. The number of aromatic nitrogens is 2. The molecule has 1 aliphatic rings. The third-order valence-electron chi connectivity index (χ3n) is 4.14. The van der Waals surface area contributed by atoms with E-state index in [4.69, 9.17) is 9.84 Å². The van der Waals surface area contributed by atoms with Gasteiger partial charge in [0.2, 0.25) is 11.8 Å². The number of anilines is 1. The lowest BCUT2D eigenvalue weighted by molar-refractivity contribution is -0.141. The Morgan fingerprint density at radius 1 is 1.42 bits per heavy atom. The van der Waals surface area contributed by atoms with E-state index in [9.17, 15) is 9.59 Å². The fraction of sp³-hybridized carbons (Fsp3) is 0.294. The largest absolute Gasteiger partial charge is 0.481 e. The number of hydrogen-bond donors (Lipinski definition) is 1. The van der Waals surface area contributed by atoms with Crippen molar-refractivity contribution >= 4 is 17.6 Å². The number of aliphatic carboxylic acids is 1. The van der Waals surface area contributed by atoms with Crippen LogP contribution in [-0.2, 0) is 9.59 Å². The summed E-state index contributed by atoms with van der Waals surface area (Å²) in [6.07, 6.45) is 3.12. The highest BCUT2D eigenvalue weighted by atomic mass is 16.5. The van der Waals surface area contributed by atoms with Crippen LogP contribution in [0.25, 0.3) is 11.1 Å². The molecular weight excluding hydrogens is 310 g/mol. The maximum Gasteiger partial charge on any atom is 0.308 e. The summed E-state index contributed by atoms with van der Waals surface area (Å²) in [7, 11) is 1.54. The minimum Gasteiger partial charge on any atom is -0.481 e. The number of methoxy groups -OCH3 is 1. The van der Waals surface area contributed by atoms with Crippen molar-refractivity contribution < 1.29 is 19.4 Å². The van der Waals surface area contributed by atoms with Gasteiger partial charge in [-0.05, 0) is 30.2 Å². The smallest absolute Gasteiger partial charge is 0.308 e. The SMILES string of the molecule is COc1ncncc1-c1ccc(N2CC(C(=O)O)CC2=O)c(C)c1. The normalized spacial score (nSPS) is 17.2. The minimum atomic E-state index is -0.939. The number of rotatable bonds is 4. The first-order valence-electron chi connectivity index (χ1n) is 7.49. The van der Waals surface area contributed by atoms with E-state index >= 15 is 0 Å². The van der Waals surface area contributed by atoms with Gasteiger partial charge < -0.3 is 14.7 Å². The lowest BCUT2D eigenvalue weighted by atomic mass is 10.0. The number of amides is 1. The Hall–Kier alpha value is -2.96. The van der Waals surface area contributed by atoms with Gasteiger partial charge in [0.15, 0.2) is 0 Å². The van der Waals surface area contributed by atoms with Gasteiger partial charge >= 0.3 is 5.97 Å². The maximum absolute atomic E-state index is 12.1. The third-order valence-corrected chi connectivity index (χ3v) is 4.14. The molecule has 0 bridgehead atoms. The van der Waals surface area contributed by atoms with E-state index in [1.54, 1.807) is 13.3 Å². The van der Waals surface area contributed by atoms with Crippen molar-refractivity contribution in [1.82, 2.24) is 9.97 Å². The van der Waals surface area contributed by atoms with Crippen LogP contribution < -0.4 is 9.64 Å². The molecule has 7 heteroatoms. The average molecular weight is 327 g/mol. The molecule has 1 aromatic carbocycles. The van der Waals surface area contributed by atoms with Gasteiger partial charge in [-0.25, -0.2) is 9.97 Å². The monoisotopic (exact) mass is 327 g/mol. The van der Waals surface area contributed by atoms with Gasteiger partial charge in [0.25, 0.3) is 0 Å². The molecule has 7 nitrogen and oxygen atoms in total. The molecule has 1 fully saturated rings. The molecule has 1 aliphatic heterocycles. The van der Waals surface area contributed by atoms with Crippen LogP contribution in [0.2, 0.25) is 0 Å². The quantitative estimate of drug-likeness (QED) is 0.922. The van der Waals surface area contributed by atoms with Gasteiger partial charge in [0, 0.05) is 24.8 Å². The number of carboxylic acid groups (broad SMARTS) is 1. The van der Waals surface area contributed by atoms with Crippen molar-refractivity contribution in [1.29, 1.82) is 0 Å². The highest BCUT2D eigenvalue weighted by Gasteiger charge is 2.35. The number of ether oxygens (including phenoxy) is 1. The Labute approximate surface area is 138 Å². The van der Waals surface area contributed by atoms with Gasteiger partial charge in [0.05, 0.1) is 18.6 Å². The van der Waals surface area contributed by atoms with Gasteiger partial charge in [-0.2, -0.15) is 0 Å². The predicted molar refractivity (Wildman–Crippen MR) is 86.9 cm³/mol. The molecule has 1 saturated heterocycles. The highest BCUT2D eigenvalue weighted by Crippen LogP contribution is 2.33.